The monoisotopic (exact) mass is 241 g/mol. The van der Waals surface area contributed by atoms with Crippen molar-refractivity contribution < 1.29 is 9.00 Å². The van der Waals surface area contributed by atoms with Crippen LogP contribution in [0.5, 0.6) is 0 Å². The predicted molar refractivity (Wildman–Crippen MR) is 64.9 cm³/mol. The highest BCUT2D eigenvalue weighted by atomic mass is 32.2. The minimum atomic E-state index is -1.24. The lowest BCUT2D eigenvalue weighted by molar-refractivity contribution is -0.138. The minimum absolute atomic E-state index is 0.189. The Morgan fingerprint density at radius 3 is 2.12 bits per heavy atom. The molecule has 4 heteroatoms. The van der Waals surface area contributed by atoms with E-state index in [0.29, 0.717) is 11.7 Å². The molecule has 2 N–H and O–H groups in total. The molecule has 0 spiro atoms. The molecule has 4 rings (SSSR count). The van der Waals surface area contributed by atoms with E-state index in [-0.39, 0.29) is 16.6 Å². The second-order valence-corrected chi connectivity index (χ2v) is 6.69. The van der Waals surface area contributed by atoms with E-state index in [1.807, 2.05) is 0 Å². The largest absolute Gasteiger partial charge is 0.299 e. The first-order chi connectivity index (χ1) is 7.61. The summed E-state index contributed by atoms with van der Waals surface area (Å²) in [5.74, 6) is 1.43. The molecule has 0 aromatic heterocycles. The third-order valence-corrected chi connectivity index (χ3v) is 5.72. The molecule has 2 unspecified atom stereocenters. The Balaban J connectivity index is 0.000000457. The van der Waals surface area contributed by atoms with Gasteiger partial charge in [0.1, 0.15) is 5.78 Å². The van der Waals surface area contributed by atoms with Gasteiger partial charge < -0.3 is 0 Å². The number of hydrogen-bond donors (Lipinski definition) is 1. The number of Topliss-reactive ketones (excluding diaryl/α,β-unsaturated/α-hetero) is 1. The van der Waals surface area contributed by atoms with E-state index in [1.165, 1.54) is 0 Å². The lowest BCUT2D eigenvalue weighted by Crippen LogP contribution is -2.58. The van der Waals surface area contributed by atoms with Crippen molar-refractivity contribution in [2.24, 2.45) is 22.9 Å². The Labute approximate surface area is 99.1 Å². The molecule has 0 heterocycles. The zero-order chi connectivity index (χ0) is 11.9. The lowest BCUT2D eigenvalue weighted by Gasteiger charge is -2.54. The third-order valence-electron chi connectivity index (χ3n) is 4.36. The van der Waals surface area contributed by atoms with Crippen LogP contribution in [0.2, 0.25) is 0 Å². The van der Waals surface area contributed by atoms with Gasteiger partial charge in [-0.2, -0.15) is 0 Å². The molecule has 3 nitrogen and oxygen atoms in total. The van der Waals surface area contributed by atoms with Crippen molar-refractivity contribution in [1.82, 2.24) is 0 Å². The van der Waals surface area contributed by atoms with Crippen LogP contribution in [0, 0.1) is 17.8 Å². The van der Waals surface area contributed by atoms with Gasteiger partial charge in [0.15, 0.2) is 0 Å². The van der Waals surface area contributed by atoms with E-state index in [0.717, 1.165) is 32.1 Å². The molecule has 0 aromatic carbocycles. The molecular weight excluding hydrogens is 222 g/mol. The zero-order valence-corrected chi connectivity index (χ0v) is 10.3. The first-order valence-electron chi connectivity index (χ1n) is 5.81. The van der Waals surface area contributed by atoms with Gasteiger partial charge in [-0.1, -0.05) is 0 Å². The van der Waals surface area contributed by atoms with Crippen LogP contribution in [-0.4, -0.2) is 14.7 Å². The topological polar surface area (TPSA) is 60.2 Å². The van der Waals surface area contributed by atoms with Crippen LogP contribution in [0.4, 0.5) is 0 Å². The molecule has 4 bridgehead atoms. The number of carbonyl (C=O) groups is 1. The highest BCUT2D eigenvalue weighted by Crippen LogP contribution is 2.55. The van der Waals surface area contributed by atoms with Gasteiger partial charge in [0.2, 0.25) is 0 Å². The molecule has 3 atom stereocenters. The molecule has 16 heavy (non-hydrogen) atoms. The van der Waals surface area contributed by atoms with Gasteiger partial charge >= 0.3 is 0 Å². The van der Waals surface area contributed by atoms with Crippen LogP contribution in [-0.2, 0) is 15.8 Å². The standard InChI is InChI=1S/C10H15NO2S.C2H4/c11-14(13)10-3-6-1-7(4-10)9(12)8(2-6)5-10;1-2/h6-8H,1-5,11H2;1-2H2/t6?,7?,8?,10?,14-;/m0./s1. The van der Waals surface area contributed by atoms with Crippen LogP contribution in [0.25, 0.3) is 0 Å². The highest BCUT2D eigenvalue weighted by Gasteiger charge is 2.57. The van der Waals surface area contributed by atoms with Crippen molar-refractivity contribution in [2.45, 2.75) is 36.9 Å². The molecule has 4 saturated carbocycles. The molecule has 4 aliphatic carbocycles. The minimum Gasteiger partial charge on any atom is -0.299 e. The summed E-state index contributed by atoms with van der Waals surface area (Å²) in [6.45, 7) is 6.00. The van der Waals surface area contributed by atoms with Crippen LogP contribution in [0.15, 0.2) is 13.2 Å². The summed E-state index contributed by atoms with van der Waals surface area (Å²) >= 11 is 0. The van der Waals surface area contributed by atoms with Gasteiger partial charge in [0.05, 0.1) is 15.7 Å². The fraction of sp³-hybridized carbons (Fsp3) is 0.750. The average molecular weight is 241 g/mol. The number of carbonyl (C=O) groups excluding carboxylic acids is 1. The van der Waals surface area contributed by atoms with Gasteiger partial charge in [-0.15, -0.1) is 13.2 Å². The summed E-state index contributed by atoms with van der Waals surface area (Å²) in [6, 6.07) is 0. The summed E-state index contributed by atoms with van der Waals surface area (Å²) in [7, 11) is -1.24. The first-order valence-corrected chi connectivity index (χ1v) is 7.02. The Kier molecular flexibility index (Phi) is 3.05. The smallest absolute Gasteiger partial charge is 0.139 e. The van der Waals surface area contributed by atoms with E-state index >= 15 is 0 Å². The second kappa shape index (κ2) is 4.08. The molecule has 0 aliphatic heterocycles. The van der Waals surface area contributed by atoms with E-state index in [1.54, 1.807) is 0 Å². The Hall–Kier alpha value is -0.480. The number of hydrogen-bond acceptors (Lipinski definition) is 2. The summed E-state index contributed by atoms with van der Waals surface area (Å²) in [5.41, 5.74) is 0. The normalized spacial score (nSPS) is 46.1. The number of ketones is 1. The fourth-order valence-corrected chi connectivity index (χ4v) is 5.05. The van der Waals surface area contributed by atoms with Crippen molar-refractivity contribution in [3.63, 3.8) is 0 Å². The Morgan fingerprint density at radius 1 is 1.19 bits per heavy atom. The van der Waals surface area contributed by atoms with Crippen LogP contribution in [0.3, 0.4) is 0 Å². The van der Waals surface area contributed by atoms with Gasteiger partial charge in [0.25, 0.3) is 0 Å². The molecular formula is C12H19NO2S. The Bertz CT molecular complexity index is 324. The zero-order valence-electron chi connectivity index (χ0n) is 9.48. The van der Waals surface area contributed by atoms with Crippen molar-refractivity contribution in [1.29, 1.82) is 0 Å². The van der Waals surface area contributed by atoms with Crippen molar-refractivity contribution >= 4 is 16.8 Å². The second-order valence-electron chi connectivity index (χ2n) is 5.23. The van der Waals surface area contributed by atoms with Crippen LogP contribution < -0.4 is 5.14 Å². The maximum atomic E-state index is 11.8. The molecule has 4 fully saturated rings. The molecule has 4 aliphatic rings. The summed E-state index contributed by atoms with van der Waals surface area (Å²) in [6.07, 6.45) is 4.66. The Morgan fingerprint density at radius 2 is 1.69 bits per heavy atom. The van der Waals surface area contributed by atoms with E-state index in [4.69, 9.17) is 5.14 Å². The number of nitrogens with two attached hydrogens (primary N) is 1. The summed E-state index contributed by atoms with van der Waals surface area (Å²) < 4.78 is 11.4. The maximum absolute atomic E-state index is 11.8. The van der Waals surface area contributed by atoms with Crippen LogP contribution >= 0.6 is 0 Å². The SMILES string of the molecule is C=C.N[S@@](=O)C12CC3CC(C1)C(=O)C(C3)C2. The van der Waals surface area contributed by atoms with E-state index < -0.39 is 11.0 Å². The van der Waals surface area contributed by atoms with Gasteiger partial charge in [-0.05, 0) is 38.0 Å². The summed E-state index contributed by atoms with van der Waals surface area (Å²) in [5, 5.41) is 5.60. The van der Waals surface area contributed by atoms with Crippen LogP contribution in [0.1, 0.15) is 32.1 Å². The van der Waals surface area contributed by atoms with Gasteiger partial charge in [-0.3, -0.25) is 9.93 Å². The first kappa shape index (κ1) is 12.0. The summed E-state index contributed by atoms with van der Waals surface area (Å²) in [4.78, 5) is 11.8. The molecule has 0 saturated heterocycles. The van der Waals surface area contributed by atoms with E-state index in [9.17, 15) is 9.00 Å². The fourth-order valence-electron chi connectivity index (χ4n) is 3.92. The molecule has 0 radical (unpaired) electrons. The predicted octanol–water partition coefficient (Wildman–Crippen LogP) is 1.56. The van der Waals surface area contributed by atoms with Crippen molar-refractivity contribution in [2.75, 3.05) is 0 Å². The molecule has 0 aromatic rings. The lowest BCUT2D eigenvalue weighted by atomic mass is 9.55. The third kappa shape index (κ3) is 1.59. The number of rotatable bonds is 1. The van der Waals surface area contributed by atoms with Crippen molar-refractivity contribution in [3.05, 3.63) is 13.2 Å². The van der Waals surface area contributed by atoms with Gasteiger partial charge in [0, 0.05) is 11.8 Å². The average Bonchev–Trinajstić information content (AvgIpc) is 2.27. The van der Waals surface area contributed by atoms with Crippen molar-refractivity contribution in [3.8, 4) is 0 Å². The quantitative estimate of drug-likeness (QED) is 0.708. The van der Waals surface area contributed by atoms with Gasteiger partial charge in [-0.25, -0.2) is 4.21 Å². The molecule has 0 amide bonds. The molecule has 90 valence electrons. The maximum Gasteiger partial charge on any atom is 0.139 e. The highest BCUT2D eigenvalue weighted by molar-refractivity contribution is 7.84. The van der Waals surface area contributed by atoms with E-state index in [2.05, 4.69) is 13.2 Å².